The first-order valence-electron chi connectivity index (χ1n) is 3.06. The maximum Gasteiger partial charge on any atom is 0.0508 e. The van der Waals surface area contributed by atoms with Crippen molar-refractivity contribution in [2.75, 3.05) is 13.1 Å². The average Bonchev–Trinajstić information content (AvgIpc) is 2.11. The number of hydrogen-bond acceptors (Lipinski definition) is 3. The Bertz CT molecular complexity index is 138. The second kappa shape index (κ2) is 1.89. The van der Waals surface area contributed by atoms with E-state index in [1.807, 2.05) is 6.20 Å². The Morgan fingerprint density at radius 1 is 1.56 bits per heavy atom. The highest BCUT2D eigenvalue weighted by atomic mass is 15.6. The van der Waals surface area contributed by atoms with Gasteiger partial charge in [-0.15, -0.1) is 0 Å². The molecule has 0 amide bonds. The Balaban J connectivity index is 1.95. The van der Waals surface area contributed by atoms with Gasteiger partial charge in [-0.2, -0.15) is 5.53 Å². The van der Waals surface area contributed by atoms with E-state index in [2.05, 4.69) is 21.7 Å². The van der Waals surface area contributed by atoms with Crippen molar-refractivity contribution < 1.29 is 0 Å². The first kappa shape index (κ1) is 5.08. The zero-order valence-electron chi connectivity index (χ0n) is 5.02. The summed E-state index contributed by atoms with van der Waals surface area (Å²) < 4.78 is 0. The molecule has 0 atom stereocenters. The molecule has 1 fully saturated rings. The minimum atomic E-state index is 0.632. The minimum absolute atomic E-state index is 0.632. The second-order valence-corrected chi connectivity index (χ2v) is 2.28. The summed E-state index contributed by atoms with van der Waals surface area (Å²) in [5, 5.41) is 4.11. The smallest absolute Gasteiger partial charge is 0.0508 e. The van der Waals surface area contributed by atoms with E-state index in [0.717, 1.165) is 13.1 Å². The van der Waals surface area contributed by atoms with Crippen LogP contribution in [-0.2, 0) is 0 Å². The molecule has 49 valence electrons. The lowest BCUT2D eigenvalue weighted by Gasteiger charge is -2.25. The second-order valence-electron chi connectivity index (χ2n) is 2.28. The molecule has 0 saturated carbocycles. The summed E-state index contributed by atoms with van der Waals surface area (Å²) in [4.78, 5) is 0. The molecule has 0 aromatic rings. The van der Waals surface area contributed by atoms with Gasteiger partial charge in [-0.25, -0.2) is 5.32 Å². The van der Waals surface area contributed by atoms with Gasteiger partial charge in [-0.1, -0.05) is 0 Å². The van der Waals surface area contributed by atoms with Gasteiger partial charge in [-0.05, 0) is 0 Å². The first-order valence-corrected chi connectivity index (χ1v) is 3.06. The van der Waals surface area contributed by atoms with E-state index in [1.54, 1.807) is 0 Å². The third-order valence-corrected chi connectivity index (χ3v) is 1.65. The van der Waals surface area contributed by atoms with Crippen molar-refractivity contribution in [3.8, 4) is 0 Å². The van der Waals surface area contributed by atoms with Crippen molar-refractivity contribution in [3.63, 3.8) is 0 Å². The zero-order valence-corrected chi connectivity index (χ0v) is 5.02. The molecule has 3 N–H and O–H groups in total. The van der Waals surface area contributed by atoms with Crippen molar-refractivity contribution in [2.45, 2.75) is 0 Å². The van der Waals surface area contributed by atoms with Crippen LogP contribution in [0.5, 0.6) is 0 Å². The predicted octanol–water partition coefficient (Wildman–Crippen LogP) is -1.33. The van der Waals surface area contributed by atoms with Gasteiger partial charge >= 0.3 is 0 Å². The lowest BCUT2D eigenvalue weighted by Crippen LogP contribution is -2.42. The topological polar surface area (TPSA) is 50.2 Å². The maximum absolute atomic E-state index is 4.11. The van der Waals surface area contributed by atoms with Crippen LogP contribution in [0.25, 0.3) is 0 Å². The van der Waals surface area contributed by atoms with E-state index in [1.165, 1.54) is 5.70 Å². The molecule has 0 unspecified atom stereocenters. The van der Waals surface area contributed by atoms with E-state index in [9.17, 15) is 0 Å². The Kier molecular flexibility index (Phi) is 1.07. The van der Waals surface area contributed by atoms with Crippen molar-refractivity contribution in [1.82, 2.24) is 21.7 Å². The highest BCUT2D eigenvalue weighted by molar-refractivity contribution is 5.09. The van der Waals surface area contributed by atoms with Crippen LogP contribution < -0.4 is 21.7 Å². The van der Waals surface area contributed by atoms with Crippen LogP contribution in [0.15, 0.2) is 11.9 Å². The van der Waals surface area contributed by atoms with Crippen molar-refractivity contribution >= 4 is 0 Å². The molecule has 0 aliphatic carbocycles. The summed E-state index contributed by atoms with van der Waals surface area (Å²) in [7, 11) is 0. The number of nitrogens with one attached hydrogen (secondary N) is 3. The molecule has 2 heterocycles. The molecule has 0 aromatic heterocycles. The highest BCUT2D eigenvalue weighted by Crippen LogP contribution is 2.13. The van der Waals surface area contributed by atoms with E-state index in [0.29, 0.717) is 5.92 Å². The number of hydrogen-bond donors (Lipinski definition) is 3. The maximum atomic E-state index is 4.11. The number of rotatable bonds is 1. The molecule has 1 radical (unpaired) electrons. The van der Waals surface area contributed by atoms with Crippen molar-refractivity contribution in [2.24, 2.45) is 5.92 Å². The lowest BCUT2D eigenvalue weighted by atomic mass is 10.0. The average molecular weight is 125 g/mol. The van der Waals surface area contributed by atoms with Crippen LogP contribution in [0.3, 0.4) is 0 Å². The van der Waals surface area contributed by atoms with Gasteiger partial charge < -0.3 is 10.9 Å². The molecule has 4 heteroatoms. The van der Waals surface area contributed by atoms with E-state index >= 15 is 0 Å². The molecule has 4 nitrogen and oxygen atoms in total. The summed E-state index contributed by atoms with van der Waals surface area (Å²) in [6.07, 6.45) is 1.94. The van der Waals surface area contributed by atoms with Gasteiger partial charge in [0.2, 0.25) is 0 Å². The van der Waals surface area contributed by atoms with Crippen molar-refractivity contribution in [3.05, 3.63) is 11.9 Å². The highest BCUT2D eigenvalue weighted by Gasteiger charge is 2.23. The molecule has 2 aliphatic heterocycles. The quantitative estimate of drug-likeness (QED) is 0.407. The summed E-state index contributed by atoms with van der Waals surface area (Å²) in [6, 6.07) is 0. The molecule has 9 heavy (non-hydrogen) atoms. The summed E-state index contributed by atoms with van der Waals surface area (Å²) in [5.74, 6) is 0.632. The van der Waals surface area contributed by atoms with Gasteiger partial charge in [0.1, 0.15) is 0 Å². The van der Waals surface area contributed by atoms with Gasteiger partial charge in [0.15, 0.2) is 0 Å². The van der Waals surface area contributed by atoms with Crippen molar-refractivity contribution in [1.29, 1.82) is 0 Å². The summed E-state index contributed by atoms with van der Waals surface area (Å²) >= 11 is 0. The number of nitrogens with zero attached hydrogens (tertiary/aromatic N) is 1. The summed E-state index contributed by atoms with van der Waals surface area (Å²) in [6.45, 7) is 1.95. The van der Waals surface area contributed by atoms with Crippen LogP contribution in [0.2, 0.25) is 0 Å². The normalized spacial score (nSPS) is 26.0. The Morgan fingerprint density at radius 2 is 2.44 bits per heavy atom. The fourth-order valence-corrected chi connectivity index (χ4v) is 0.933. The predicted molar refractivity (Wildman–Crippen MR) is 32.8 cm³/mol. The molecular formula is C5H9N4. The van der Waals surface area contributed by atoms with Crippen LogP contribution >= 0.6 is 0 Å². The Hall–Kier alpha value is -0.740. The monoisotopic (exact) mass is 125 g/mol. The van der Waals surface area contributed by atoms with Crippen LogP contribution in [0, 0.1) is 5.92 Å². The number of hydrazine groups is 2. The van der Waals surface area contributed by atoms with Gasteiger partial charge in [0.05, 0.1) is 5.70 Å². The van der Waals surface area contributed by atoms with Crippen LogP contribution in [-0.4, -0.2) is 13.1 Å². The molecule has 0 bridgehead atoms. The van der Waals surface area contributed by atoms with Gasteiger partial charge in [-0.3, -0.25) is 0 Å². The molecule has 0 aromatic carbocycles. The fourth-order valence-electron chi connectivity index (χ4n) is 0.933. The third kappa shape index (κ3) is 0.760. The lowest BCUT2D eigenvalue weighted by molar-refractivity contribution is 0.368. The fraction of sp³-hybridized carbons (Fsp3) is 0.600. The van der Waals surface area contributed by atoms with Crippen LogP contribution in [0.4, 0.5) is 0 Å². The van der Waals surface area contributed by atoms with E-state index in [4.69, 9.17) is 0 Å². The molecule has 2 rings (SSSR count). The molecule has 0 spiro atoms. The Morgan fingerprint density at radius 3 is 2.89 bits per heavy atom. The zero-order chi connectivity index (χ0) is 6.10. The summed E-state index contributed by atoms with van der Waals surface area (Å²) in [5.41, 5.74) is 9.87. The van der Waals surface area contributed by atoms with Gasteiger partial charge in [0.25, 0.3) is 0 Å². The largest absolute Gasteiger partial charge is 0.310 e. The van der Waals surface area contributed by atoms with Gasteiger partial charge in [0, 0.05) is 25.2 Å². The molecule has 1 saturated heterocycles. The molecular weight excluding hydrogens is 116 g/mol. The first-order chi connectivity index (χ1) is 4.47. The van der Waals surface area contributed by atoms with Crippen LogP contribution in [0.1, 0.15) is 0 Å². The third-order valence-electron chi connectivity index (χ3n) is 1.65. The van der Waals surface area contributed by atoms with E-state index in [-0.39, 0.29) is 0 Å². The Labute approximate surface area is 53.6 Å². The SMILES string of the molecule is C1=C(C2C[N]C2)NNN1. The molecule has 2 aliphatic rings. The standard InChI is InChI=1S/C5H9N4/c1-4(2-6-1)5-3-7-9-8-5/h3-4,7-9H,1-2H2. The van der Waals surface area contributed by atoms with E-state index < -0.39 is 0 Å². The minimum Gasteiger partial charge on any atom is -0.310 e.